The number of H-pyrrole nitrogens is 1. The van der Waals surface area contributed by atoms with Crippen LogP contribution in [-0.4, -0.2) is 76.9 Å². The molecule has 3 heterocycles. The SMILES string of the molecule is CN(C)CC1CN(C(=O)Cn2c(-c3ccc(F)cc3)c(C3CCCCC3)c3ccc(-c4noc(=O)[nH]4)cc32)CCO1. The van der Waals surface area contributed by atoms with Crippen LogP contribution in [0.15, 0.2) is 51.8 Å². The van der Waals surface area contributed by atoms with Crippen molar-refractivity contribution in [2.24, 2.45) is 0 Å². The van der Waals surface area contributed by atoms with E-state index < -0.39 is 5.76 Å². The third kappa shape index (κ3) is 5.71. The fraction of sp³-hybridized carbons (Fsp3) is 0.452. The van der Waals surface area contributed by atoms with Crippen LogP contribution >= 0.6 is 0 Å². The minimum atomic E-state index is -0.625. The summed E-state index contributed by atoms with van der Waals surface area (Å²) in [5.74, 6) is -0.261. The van der Waals surface area contributed by atoms with Gasteiger partial charge in [-0.2, -0.15) is 0 Å². The number of fused-ring (bicyclic) bond motifs is 1. The molecule has 0 spiro atoms. The Morgan fingerprint density at radius 2 is 1.85 bits per heavy atom. The molecule has 2 fully saturated rings. The van der Waals surface area contributed by atoms with Crippen LogP contribution in [-0.2, 0) is 16.1 Å². The zero-order valence-electron chi connectivity index (χ0n) is 23.6. The van der Waals surface area contributed by atoms with E-state index in [0.29, 0.717) is 37.0 Å². The molecule has 1 unspecified atom stereocenters. The zero-order valence-corrected chi connectivity index (χ0v) is 23.6. The van der Waals surface area contributed by atoms with Gasteiger partial charge in [0.15, 0.2) is 5.82 Å². The van der Waals surface area contributed by atoms with Crippen molar-refractivity contribution in [1.82, 2.24) is 24.5 Å². The number of rotatable bonds is 7. The highest BCUT2D eigenvalue weighted by Crippen LogP contribution is 2.44. The number of hydrogen-bond donors (Lipinski definition) is 1. The maximum Gasteiger partial charge on any atom is 0.439 e. The summed E-state index contributed by atoms with van der Waals surface area (Å²) in [6.07, 6.45) is 5.60. The normalized spacial score (nSPS) is 18.4. The topological polar surface area (TPSA) is 96.6 Å². The van der Waals surface area contributed by atoms with Crippen LogP contribution in [0.5, 0.6) is 0 Å². The standard InChI is InChI=1S/C31H36FN5O4/c1-35(2)17-24-18-36(14-15-40-24)27(38)19-37-26-16-22(30-33-31(39)41-34-30)10-13-25(26)28(20-6-4-3-5-7-20)29(37)21-8-11-23(32)12-9-21/h8-13,16,20,24H,3-7,14-15,17-19H2,1-2H3,(H,33,34,39). The van der Waals surface area contributed by atoms with Crippen molar-refractivity contribution in [3.05, 3.63) is 64.4 Å². The number of amides is 1. The Morgan fingerprint density at radius 3 is 2.56 bits per heavy atom. The zero-order chi connectivity index (χ0) is 28.5. The van der Waals surface area contributed by atoms with Gasteiger partial charge in [0, 0.05) is 30.6 Å². The molecule has 4 aromatic rings. The number of nitrogens with zero attached hydrogens (tertiary/aromatic N) is 4. The number of morpholine rings is 1. The van der Waals surface area contributed by atoms with Gasteiger partial charge in [-0.05, 0) is 74.3 Å². The monoisotopic (exact) mass is 561 g/mol. The fourth-order valence-corrected chi connectivity index (χ4v) is 6.46. The summed E-state index contributed by atoms with van der Waals surface area (Å²) in [5, 5.41) is 4.95. The Balaban J connectivity index is 1.49. The van der Waals surface area contributed by atoms with Crippen LogP contribution < -0.4 is 5.76 Å². The van der Waals surface area contributed by atoms with Gasteiger partial charge in [-0.1, -0.05) is 36.6 Å². The van der Waals surface area contributed by atoms with Crippen LogP contribution in [0.25, 0.3) is 33.5 Å². The first-order chi connectivity index (χ1) is 19.9. The summed E-state index contributed by atoms with van der Waals surface area (Å²) in [4.78, 5) is 32.2. The largest absolute Gasteiger partial charge is 0.439 e. The van der Waals surface area contributed by atoms with Crippen LogP contribution in [0.2, 0.25) is 0 Å². The van der Waals surface area contributed by atoms with Crippen molar-refractivity contribution in [1.29, 1.82) is 0 Å². The lowest BCUT2D eigenvalue weighted by Gasteiger charge is -2.34. The van der Waals surface area contributed by atoms with Crippen LogP contribution in [0.3, 0.4) is 0 Å². The first kappa shape index (κ1) is 27.4. The summed E-state index contributed by atoms with van der Waals surface area (Å²) in [5.41, 5.74) is 4.58. The molecule has 1 aliphatic heterocycles. The molecular formula is C31H36FN5O4. The Kier molecular flexibility index (Phi) is 7.77. The number of carbonyl (C=O) groups is 1. The maximum atomic E-state index is 14.1. The molecule has 2 aliphatic rings. The Labute approximate surface area is 237 Å². The van der Waals surface area contributed by atoms with Gasteiger partial charge in [-0.3, -0.25) is 14.3 Å². The average molecular weight is 562 g/mol. The molecule has 1 N–H and O–H groups in total. The third-order valence-electron chi connectivity index (χ3n) is 8.30. The molecule has 1 saturated carbocycles. The van der Waals surface area contributed by atoms with Gasteiger partial charge in [-0.15, -0.1) is 0 Å². The molecule has 1 amide bonds. The molecule has 6 rings (SSSR count). The summed E-state index contributed by atoms with van der Waals surface area (Å²) in [7, 11) is 4.00. The number of nitrogens with one attached hydrogen (secondary N) is 1. The van der Waals surface area contributed by atoms with Crippen molar-refractivity contribution >= 4 is 16.8 Å². The van der Waals surface area contributed by atoms with Crippen LogP contribution in [0.4, 0.5) is 4.39 Å². The predicted octanol–water partition coefficient (Wildman–Crippen LogP) is 4.63. The van der Waals surface area contributed by atoms with E-state index in [1.165, 1.54) is 24.1 Å². The molecule has 2 aromatic heterocycles. The molecule has 10 heteroatoms. The second-order valence-electron chi connectivity index (χ2n) is 11.5. The lowest BCUT2D eigenvalue weighted by Crippen LogP contribution is -2.49. The molecule has 2 aromatic carbocycles. The summed E-state index contributed by atoms with van der Waals surface area (Å²) >= 11 is 0. The van der Waals surface area contributed by atoms with E-state index in [2.05, 4.69) is 25.7 Å². The Morgan fingerprint density at radius 1 is 1.10 bits per heavy atom. The number of aromatic nitrogens is 3. The van der Waals surface area contributed by atoms with Gasteiger partial charge in [-0.25, -0.2) is 9.18 Å². The highest BCUT2D eigenvalue weighted by Gasteiger charge is 2.30. The third-order valence-corrected chi connectivity index (χ3v) is 8.30. The fourth-order valence-electron chi connectivity index (χ4n) is 6.46. The van der Waals surface area contributed by atoms with Crippen molar-refractivity contribution in [3.63, 3.8) is 0 Å². The van der Waals surface area contributed by atoms with Crippen molar-refractivity contribution in [2.45, 2.75) is 50.7 Å². The van der Waals surface area contributed by atoms with E-state index >= 15 is 0 Å². The summed E-state index contributed by atoms with van der Waals surface area (Å²) in [6.45, 7) is 2.43. The summed E-state index contributed by atoms with van der Waals surface area (Å²) < 4.78 is 26.8. The Bertz CT molecular complexity index is 1580. The molecule has 216 valence electrons. The number of ether oxygens (including phenoxy) is 1. The first-order valence-corrected chi connectivity index (χ1v) is 14.4. The first-order valence-electron chi connectivity index (χ1n) is 14.4. The van der Waals surface area contributed by atoms with Gasteiger partial charge >= 0.3 is 5.76 Å². The van der Waals surface area contributed by atoms with E-state index in [4.69, 9.17) is 9.26 Å². The Hall–Kier alpha value is -3.76. The molecule has 1 aliphatic carbocycles. The predicted molar refractivity (Wildman–Crippen MR) is 154 cm³/mol. The molecule has 9 nitrogen and oxygen atoms in total. The molecule has 1 saturated heterocycles. The molecule has 0 bridgehead atoms. The average Bonchev–Trinajstić information content (AvgIpc) is 3.54. The lowest BCUT2D eigenvalue weighted by molar-refractivity contribution is -0.139. The van der Waals surface area contributed by atoms with Gasteiger partial charge in [0.2, 0.25) is 5.91 Å². The second-order valence-corrected chi connectivity index (χ2v) is 11.5. The molecular weight excluding hydrogens is 525 g/mol. The van der Waals surface area contributed by atoms with Crippen LogP contribution in [0.1, 0.15) is 43.6 Å². The van der Waals surface area contributed by atoms with E-state index in [1.54, 1.807) is 12.1 Å². The van der Waals surface area contributed by atoms with E-state index in [1.807, 2.05) is 31.1 Å². The van der Waals surface area contributed by atoms with Crippen molar-refractivity contribution in [3.8, 4) is 22.6 Å². The highest BCUT2D eigenvalue weighted by atomic mass is 19.1. The van der Waals surface area contributed by atoms with E-state index in [-0.39, 0.29) is 24.4 Å². The summed E-state index contributed by atoms with van der Waals surface area (Å²) in [6, 6.07) is 12.5. The quantitative estimate of drug-likeness (QED) is 0.354. The minimum Gasteiger partial charge on any atom is -0.373 e. The molecule has 0 radical (unpaired) electrons. The number of halogens is 1. The maximum absolute atomic E-state index is 14.1. The molecule has 41 heavy (non-hydrogen) atoms. The van der Waals surface area contributed by atoms with Crippen molar-refractivity contribution < 1.29 is 18.4 Å². The van der Waals surface area contributed by atoms with Gasteiger partial charge in [0.25, 0.3) is 0 Å². The number of benzene rings is 2. The van der Waals surface area contributed by atoms with E-state index in [0.717, 1.165) is 54.4 Å². The number of hydrogen-bond acceptors (Lipinski definition) is 6. The minimum absolute atomic E-state index is 0.00718. The van der Waals surface area contributed by atoms with Gasteiger partial charge in [0.1, 0.15) is 12.4 Å². The van der Waals surface area contributed by atoms with Gasteiger partial charge in [0.05, 0.1) is 23.9 Å². The smallest absolute Gasteiger partial charge is 0.373 e. The van der Waals surface area contributed by atoms with Crippen molar-refractivity contribution in [2.75, 3.05) is 40.3 Å². The highest BCUT2D eigenvalue weighted by molar-refractivity contribution is 5.96. The van der Waals surface area contributed by atoms with Crippen LogP contribution in [0, 0.1) is 5.82 Å². The lowest BCUT2D eigenvalue weighted by atomic mass is 9.81. The van der Waals surface area contributed by atoms with Gasteiger partial charge < -0.3 is 19.1 Å². The number of carbonyl (C=O) groups excluding carboxylic acids is 1. The second kappa shape index (κ2) is 11.6. The molecule has 1 atom stereocenters. The number of likely N-dealkylation sites (N-methyl/N-ethyl adjacent to an activating group) is 1. The van der Waals surface area contributed by atoms with E-state index in [9.17, 15) is 14.0 Å². The number of aromatic amines is 1.